The van der Waals surface area contributed by atoms with Crippen LogP contribution in [0.1, 0.15) is 20.7 Å². The summed E-state index contributed by atoms with van der Waals surface area (Å²) >= 11 is 0. The summed E-state index contributed by atoms with van der Waals surface area (Å²) in [6, 6.07) is 12.8. The molecule has 6 heteroatoms. The summed E-state index contributed by atoms with van der Waals surface area (Å²) in [5.41, 5.74) is 1.18. The zero-order valence-electron chi connectivity index (χ0n) is 10.5. The van der Waals surface area contributed by atoms with Crippen LogP contribution in [0.2, 0.25) is 0 Å². The van der Waals surface area contributed by atoms with Gasteiger partial charge in [-0.1, -0.05) is 24.3 Å². The molecule has 2 rings (SSSR count). The Hall–Kier alpha value is -2.44. The number of hydrogen-bond acceptors (Lipinski definition) is 4. The Labute approximate surface area is 116 Å². The Balaban J connectivity index is 2.27. The molecule has 100 valence electrons. The molecule has 5 nitrogen and oxygen atoms in total. The highest BCUT2D eigenvalue weighted by Crippen LogP contribution is 2.10. The molecule has 0 fully saturated rings. The fourth-order valence-corrected chi connectivity index (χ4v) is 1.76. The predicted octanol–water partition coefficient (Wildman–Crippen LogP) is 0.431. The van der Waals surface area contributed by atoms with Gasteiger partial charge in [-0.2, -0.15) is 0 Å². The third-order valence-electron chi connectivity index (χ3n) is 2.71. The van der Waals surface area contributed by atoms with Gasteiger partial charge in [0.1, 0.15) is 6.29 Å². The van der Waals surface area contributed by atoms with Crippen molar-refractivity contribution >= 4 is 30.5 Å². The Morgan fingerprint density at radius 1 is 1.10 bits per heavy atom. The molecule has 0 saturated heterocycles. The van der Waals surface area contributed by atoms with Gasteiger partial charge >= 0.3 is 7.12 Å². The van der Waals surface area contributed by atoms with Crippen molar-refractivity contribution < 1.29 is 19.6 Å². The van der Waals surface area contributed by atoms with E-state index in [9.17, 15) is 9.59 Å². The van der Waals surface area contributed by atoms with Crippen molar-refractivity contribution in [3.8, 4) is 0 Å². The number of nitrogens with one attached hydrogen (secondary N) is 1. The Kier molecular flexibility index (Phi) is 4.29. The minimum absolute atomic E-state index is 0.137. The molecule has 2 aromatic carbocycles. The van der Waals surface area contributed by atoms with E-state index in [-0.39, 0.29) is 16.9 Å². The van der Waals surface area contributed by atoms with Crippen LogP contribution in [-0.4, -0.2) is 29.4 Å². The normalized spacial score (nSPS) is 9.90. The smallest absolute Gasteiger partial charge is 0.423 e. The van der Waals surface area contributed by atoms with Crippen molar-refractivity contribution in [3.63, 3.8) is 0 Å². The third-order valence-corrected chi connectivity index (χ3v) is 2.71. The summed E-state index contributed by atoms with van der Waals surface area (Å²) < 4.78 is 0. The molecule has 0 aromatic heterocycles. The Morgan fingerprint density at radius 3 is 2.40 bits per heavy atom. The van der Waals surface area contributed by atoms with E-state index in [1.165, 1.54) is 18.2 Å². The van der Waals surface area contributed by atoms with Crippen LogP contribution in [0.4, 0.5) is 5.69 Å². The van der Waals surface area contributed by atoms with E-state index >= 15 is 0 Å². The lowest BCUT2D eigenvalue weighted by atomic mass is 9.79. The molecule has 2 aromatic rings. The summed E-state index contributed by atoms with van der Waals surface area (Å²) in [5.74, 6) is -0.341. The predicted molar refractivity (Wildman–Crippen MR) is 76.1 cm³/mol. The average molecular weight is 269 g/mol. The molecule has 0 aliphatic heterocycles. The third kappa shape index (κ3) is 3.31. The SMILES string of the molecule is O=Cc1cc(NC(=O)c2ccccc2)cc(B(O)O)c1. The topological polar surface area (TPSA) is 86.6 Å². The van der Waals surface area contributed by atoms with Crippen molar-refractivity contribution in [2.45, 2.75) is 0 Å². The molecular weight excluding hydrogens is 257 g/mol. The van der Waals surface area contributed by atoms with Crippen LogP contribution < -0.4 is 10.8 Å². The number of carbonyl (C=O) groups is 2. The van der Waals surface area contributed by atoms with E-state index in [1.807, 2.05) is 0 Å². The first kappa shape index (κ1) is 14.0. The number of hydrogen-bond donors (Lipinski definition) is 3. The van der Waals surface area contributed by atoms with E-state index in [0.717, 1.165) is 0 Å². The van der Waals surface area contributed by atoms with Crippen molar-refractivity contribution in [2.24, 2.45) is 0 Å². The molecule has 0 aliphatic carbocycles. The van der Waals surface area contributed by atoms with Crippen molar-refractivity contribution in [1.82, 2.24) is 0 Å². The average Bonchev–Trinajstić information content (AvgIpc) is 2.47. The second-order valence-electron chi connectivity index (χ2n) is 4.20. The van der Waals surface area contributed by atoms with Gasteiger partial charge in [-0.05, 0) is 29.7 Å². The molecule has 0 radical (unpaired) electrons. The quantitative estimate of drug-likeness (QED) is 0.555. The second-order valence-corrected chi connectivity index (χ2v) is 4.20. The van der Waals surface area contributed by atoms with Crippen molar-refractivity contribution in [1.29, 1.82) is 0 Å². The molecule has 0 atom stereocenters. The highest BCUT2D eigenvalue weighted by molar-refractivity contribution is 6.58. The molecule has 20 heavy (non-hydrogen) atoms. The van der Waals surface area contributed by atoms with Gasteiger partial charge in [-0.25, -0.2) is 0 Å². The lowest BCUT2D eigenvalue weighted by Gasteiger charge is -2.08. The first-order chi connectivity index (χ1) is 9.60. The van der Waals surface area contributed by atoms with Crippen LogP contribution in [-0.2, 0) is 0 Å². The summed E-state index contributed by atoms with van der Waals surface area (Å²) in [5, 5.41) is 20.9. The zero-order chi connectivity index (χ0) is 14.5. The number of benzene rings is 2. The maximum absolute atomic E-state index is 12.0. The standard InChI is InChI=1S/C14H12BNO4/c17-9-10-6-12(15(19)20)8-13(7-10)16-14(18)11-4-2-1-3-5-11/h1-9,19-20H,(H,16,18). The molecular formula is C14H12BNO4. The number of carbonyl (C=O) groups excluding carboxylic acids is 2. The molecule has 0 aliphatic rings. The monoisotopic (exact) mass is 269 g/mol. The molecule has 0 bridgehead atoms. The van der Waals surface area contributed by atoms with Gasteiger partial charge in [-0.3, -0.25) is 9.59 Å². The summed E-state index contributed by atoms with van der Waals surface area (Å²) in [6.07, 6.45) is 0.573. The van der Waals surface area contributed by atoms with E-state index in [1.54, 1.807) is 30.3 Å². The highest BCUT2D eigenvalue weighted by atomic mass is 16.4. The van der Waals surface area contributed by atoms with Crippen LogP contribution in [0.15, 0.2) is 48.5 Å². The summed E-state index contributed by atoms with van der Waals surface area (Å²) in [6.45, 7) is 0. The Morgan fingerprint density at radius 2 is 1.80 bits per heavy atom. The van der Waals surface area contributed by atoms with E-state index < -0.39 is 7.12 Å². The second kappa shape index (κ2) is 6.14. The van der Waals surface area contributed by atoms with Crippen molar-refractivity contribution in [3.05, 3.63) is 59.7 Å². The van der Waals surface area contributed by atoms with E-state index in [0.29, 0.717) is 17.5 Å². The molecule has 0 spiro atoms. The van der Waals surface area contributed by atoms with Gasteiger partial charge in [0.15, 0.2) is 0 Å². The Bertz CT molecular complexity index is 628. The van der Waals surface area contributed by atoms with Crippen LogP contribution in [0.25, 0.3) is 0 Å². The molecule has 0 saturated carbocycles. The van der Waals surface area contributed by atoms with Crippen molar-refractivity contribution in [2.75, 3.05) is 5.32 Å². The van der Waals surface area contributed by atoms with E-state index in [2.05, 4.69) is 5.32 Å². The molecule has 1 amide bonds. The maximum atomic E-state index is 12.0. The molecule has 3 N–H and O–H groups in total. The minimum atomic E-state index is -1.71. The minimum Gasteiger partial charge on any atom is -0.423 e. The molecule has 0 heterocycles. The van der Waals surface area contributed by atoms with Gasteiger partial charge in [0.25, 0.3) is 5.91 Å². The number of anilines is 1. The highest BCUT2D eigenvalue weighted by Gasteiger charge is 2.14. The van der Waals surface area contributed by atoms with Crippen LogP contribution in [0.5, 0.6) is 0 Å². The lowest BCUT2D eigenvalue weighted by Crippen LogP contribution is -2.30. The first-order valence-corrected chi connectivity index (χ1v) is 5.93. The maximum Gasteiger partial charge on any atom is 0.488 e. The first-order valence-electron chi connectivity index (χ1n) is 5.93. The zero-order valence-corrected chi connectivity index (χ0v) is 10.5. The van der Waals surface area contributed by atoms with Crippen LogP contribution in [0.3, 0.4) is 0 Å². The fraction of sp³-hybridized carbons (Fsp3) is 0. The van der Waals surface area contributed by atoms with Crippen LogP contribution >= 0.6 is 0 Å². The van der Waals surface area contributed by atoms with Gasteiger partial charge < -0.3 is 15.4 Å². The summed E-state index contributed by atoms with van der Waals surface area (Å²) in [4.78, 5) is 22.8. The van der Waals surface area contributed by atoms with Gasteiger partial charge in [-0.15, -0.1) is 0 Å². The number of rotatable bonds is 4. The number of amides is 1. The number of aldehydes is 1. The van der Waals surface area contributed by atoms with Gasteiger partial charge in [0.05, 0.1) is 0 Å². The largest absolute Gasteiger partial charge is 0.488 e. The van der Waals surface area contributed by atoms with Gasteiger partial charge in [0, 0.05) is 16.8 Å². The lowest BCUT2D eigenvalue weighted by molar-refractivity contribution is 0.102. The van der Waals surface area contributed by atoms with Gasteiger partial charge in [0.2, 0.25) is 0 Å². The molecule has 0 unspecified atom stereocenters. The van der Waals surface area contributed by atoms with E-state index in [4.69, 9.17) is 10.0 Å². The fourth-order valence-electron chi connectivity index (χ4n) is 1.76. The summed E-state index contributed by atoms with van der Waals surface area (Å²) in [7, 11) is -1.71. The van der Waals surface area contributed by atoms with Crippen LogP contribution in [0, 0.1) is 0 Å².